The predicted molar refractivity (Wildman–Crippen MR) is 84.4 cm³/mol. The first-order valence-corrected chi connectivity index (χ1v) is 7.72. The molecule has 0 bridgehead atoms. The van der Waals surface area contributed by atoms with E-state index in [1.165, 1.54) is 0 Å². The van der Waals surface area contributed by atoms with Crippen LogP contribution in [0.25, 0.3) is 11.0 Å². The van der Waals surface area contributed by atoms with Gasteiger partial charge in [-0.3, -0.25) is 9.59 Å². The van der Waals surface area contributed by atoms with Gasteiger partial charge in [0.1, 0.15) is 6.04 Å². The van der Waals surface area contributed by atoms with Crippen LogP contribution in [0.2, 0.25) is 0 Å². The van der Waals surface area contributed by atoms with Crippen molar-refractivity contribution < 1.29 is 9.59 Å². The summed E-state index contributed by atoms with van der Waals surface area (Å²) >= 11 is 0. The van der Waals surface area contributed by atoms with Crippen LogP contribution in [-0.4, -0.2) is 39.3 Å². The molecule has 1 saturated heterocycles. The standard InChI is InChI=1S/C16H20N4O2/c1-2-4-15(21)20-8-3-5-14(20)16(22)19-11-6-7-12-13(9-11)18-10-17-12/h6-7,9-10,14H,2-5,8H2,1H3,(H,17,18)(H,19,22). The summed E-state index contributed by atoms with van der Waals surface area (Å²) in [6.45, 7) is 2.65. The van der Waals surface area contributed by atoms with Gasteiger partial charge in [0.25, 0.3) is 0 Å². The summed E-state index contributed by atoms with van der Waals surface area (Å²) in [4.78, 5) is 33.4. The van der Waals surface area contributed by atoms with Crippen molar-refractivity contribution in [3.63, 3.8) is 0 Å². The Morgan fingerprint density at radius 3 is 3.14 bits per heavy atom. The summed E-state index contributed by atoms with van der Waals surface area (Å²) in [7, 11) is 0. The Balaban J connectivity index is 1.71. The van der Waals surface area contributed by atoms with Gasteiger partial charge in [-0.15, -0.1) is 0 Å². The molecule has 2 N–H and O–H groups in total. The monoisotopic (exact) mass is 300 g/mol. The Bertz CT molecular complexity index is 694. The minimum absolute atomic E-state index is 0.0733. The molecular weight excluding hydrogens is 280 g/mol. The van der Waals surface area contributed by atoms with Gasteiger partial charge in [-0.1, -0.05) is 6.92 Å². The molecular formula is C16H20N4O2. The summed E-state index contributed by atoms with van der Waals surface area (Å²) in [5, 5.41) is 2.91. The zero-order chi connectivity index (χ0) is 15.5. The highest BCUT2D eigenvalue weighted by atomic mass is 16.2. The zero-order valence-electron chi connectivity index (χ0n) is 12.6. The second kappa shape index (κ2) is 6.17. The van der Waals surface area contributed by atoms with Crippen molar-refractivity contribution >= 4 is 28.5 Å². The molecule has 22 heavy (non-hydrogen) atoms. The van der Waals surface area contributed by atoms with Crippen molar-refractivity contribution in [1.29, 1.82) is 0 Å². The maximum Gasteiger partial charge on any atom is 0.247 e. The number of nitrogens with zero attached hydrogens (tertiary/aromatic N) is 2. The first-order chi connectivity index (χ1) is 10.7. The van der Waals surface area contributed by atoms with E-state index in [9.17, 15) is 9.59 Å². The molecule has 6 nitrogen and oxygen atoms in total. The zero-order valence-corrected chi connectivity index (χ0v) is 12.6. The fraction of sp³-hybridized carbons (Fsp3) is 0.438. The number of rotatable bonds is 4. The first-order valence-electron chi connectivity index (χ1n) is 7.72. The number of amides is 2. The normalized spacial score (nSPS) is 17.9. The molecule has 2 amide bonds. The average molecular weight is 300 g/mol. The number of carbonyl (C=O) groups excluding carboxylic acids is 2. The highest BCUT2D eigenvalue weighted by Crippen LogP contribution is 2.21. The number of aromatic nitrogens is 2. The number of fused-ring (bicyclic) bond motifs is 1. The maximum absolute atomic E-state index is 12.5. The molecule has 2 heterocycles. The van der Waals surface area contributed by atoms with Crippen molar-refractivity contribution in [2.24, 2.45) is 0 Å². The Kier molecular flexibility index (Phi) is 4.09. The Morgan fingerprint density at radius 1 is 1.45 bits per heavy atom. The van der Waals surface area contributed by atoms with Gasteiger partial charge in [0.15, 0.2) is 0 Å². The average Bonchev–Trinajstić information content (AvgIpc) is 3.16. The number of hydrogen-bond acceptors (Lipinski definition) is 3. The lowest BCUT2D eigenvalue weighted by atomic mass is 10.2. The molecule has 1 atom stereocenters. The van der Waals surface area contributed by atoms with E-state index >= 15 is 0 Å². The first kappa shape index (κ1) is 14.6. The van der Waals surface area contributed by atoms with Crippen molar-refractivity contribution in [3.8, 4) is 0 Å². The fourth-order valence-electron chi connectivity index (χ4n) is 2.93. The van der Waals surface area contributed by atoms with Crippen LogP contribution in [0.3, 0.4) is 0 Å². The van der Waals surface area contributed by atoms with E-state index in [0.717, 1.165) is 36.0 Å². The summed E-state index contributed by atoms with van der Waals surface area (Å²) in [5.41, 5.74) is 2.46. The smallest absolute Gasteiger partial charge is 0.247 e. The Labute approximate surface area is 128 Å². The molecule has 0 saturated carbocycles. The van der Waals surface area contributed by atoms with E-state index in [4.69, 9.17) is 0 Å². The molecule has 1 aromatic heterocycles. The minimum Gasteiger partial charge on any atom is -0.345 e. The number of benzene rings is 1. The number of imidazole rings is 1. The second-order valence-electron chi connectivity index (χ2n) is 5.62. The van der Waals surface area contributed by atoms with Gasteiger partial charge >= 0.3 is 0 Å². The van der Waals surface area contributed by atoms with Crippen LogP contribution in [0, 0.1) is 0 Å². The van der Waals surface area contributed by atoms with Gasteiger partial charge in [0.2, 0.25) is 11.8 Å². The largest absolute Gasteiger partial charge is 0.345 e. The van der Waals surface area contributed by atoms with Gasteiger partial charge in [-0.05, 0) is 37.5 Å². The number of aromatic amines is 1. The van der Waals surface area contributed by atoms with Crippen molar-refractivity contribution in [2.45, 2.75) is 38.6 Å². The molecule has 2 aromatic rings. The molecule has 0 radical (unpaired) electrons. The topological polar surface area (TPSA) is 78.1 Å². The molecule has 1 aliphatic heterocycles. The number of carbonyl (C=O) groups is 2. The Morgan fingerprint density at radius 2 is 2.32 bits per heavy atom. The third-order valence-electron chi connectivity index (χ3n) is 4.03. The van der Waals surface area contributed by atoms with Crippen LogP contribution in [0.1, 0.15) is 32.6 Å². The van der Waals surface area contributed by atoms with E-state index < -0.39 is 0 Å². The third kappa shape index (κ3) is 2.81. The molecule has 6 heteroatoms. The quantitative estimate of drug-likeness (QED) is 0.909. The number of nitrogens with one attached hydrogen (secondary N) is 2. The molecule has 1 unspecified atom stereocenters. The number of H-pyrrole nitrogens is 1. The van der Waals surface area contributed by atoms with Gasteiger partial charge in [0.05, 0.1) is 17.4 Å². The van der Waals surface area contributed by atoms with Gasteiger partial charge in [0, 0.05) is 18.7 Å². The fourth-order valence-corrected chi connectivity index (χ4v) is 2.93. The van der Waals surface area contributed by atoms with Crippen LogP contribution < -0.4 is 5.32 Å². The van der Waals surface area contributed by atoms with Crippen LogP contribution in [0.5, 0.6) is 0 Å². The molecule has 1 aliphatic rings. The van der Waals surface area contributed by atoms with Crippen LogP contribution in [-0.2, 0) is 9.59 Å². The van der Waals surface area contributed by atoms with E-state index in [0.29, 0.717) is 13.0 Å². The van der Waals surface area contributed by atoms with E-state index in [1.54, 1.807) is 11.2 Å². The van der Waals surface area contributed by atoms with E-state index in [1.807, 2.05) is 25.1 Å². The highest BCUT2D eigenvalue weighted by molar-refractivity contribution is 5.98. The number of likely N-dealkylation sites (tertiary alicyclic amines) is 1. The molecule has 3 rings (SSSR count). The molecule has 116 valence electrons. The maximum atomic E-state index is 12.5. The molecule has 0 spiro atoms. The summed E-state index contributed by atoms with van der Waals surface area (Å²) in [6.07, 6.45) is 4.54. The van der Waals surface area contributed by atoms with Crippen LogP contribution in [0.4, 0.5) is 5.69 Å². The van der Waals surface area contributed by atoms with Crippen molar-refractivity contribution in [2.75, 3.05) is 11.9 Å². The summed E-state index contributed by atoms with van der Waals surface area (Å²) < 4.78 is 0. The van der Waals surface area contributed by atoms with E-state index in [2.05, 4.69) is 15.3 Å². The SMILES string of the molecule is CCCC(=O)N1CCCC1C(=O)Nc1ccc2nc[nH]c2c1. The lowest BCUT2D eigenvalue weighted by Gasteiger charge is -2.23. The van der Waals surface area contributed by atoms with E-state index in [-0.39, 0.29) is 17.9 Å². The summed E-state index contributed by atoms with van der Waals surface area (Å²) in [5.74, 6) is -0.0370. The number of hydrogen-bond donors (Lipinski definition) is 2. The Hall–Kier alpha value is -2.37. The highest BCUT2D eigenvalue weighted by Gasteiger charge is 2.33. The summed E-state index contributed by atoms with van der Waals surface area (Å²) in [6, 6.07) is 5.19. The lowest BCUT2D eigenvalue weighted by molar-refractivity contribution is -0.136. The van der Waals surface area contributed by atoms with Crippen molar-refractivity contribution in [1.82, 2.24) is 14.9 Å². The molecule has 1 fully saturated rings. The van der Waals surface area contributed by atoms with Gasteiger partial charge in [-0.25, -0.2) is 4.98 Å². The molecule has 1 aromatic carbocycles. The lowest BCUT2D eigenvalue weighted by Crippen LogP contribution is -2.43. The second-order valence-corrected chi connectivity index (χ2v) is 5.62. The number of anilines is 1. The van der Waals surface area contributed by atoms with Crippen LogP contribution in [0.15, 0.2) is 24.5 Å². The molecule has 0 aliphatic carbocycles. The van der Waals surface area contributed by atoms with Gasteiger partial charge in [-0.2, -0.15) is 0 Å². The van der Waals surface area contributed by atoms with Crippen LogP contribution >= 0.6 is 0 Å². The third-order valence-corrected chi connectivity index (χ3v) is 4.03. The predicted octanol–water partition coefficient (Wildman–Crippen LogP) is 2.29. The minimum atomic E-state index is -0.350. The van der Waals surface area contributed by atoms with Crippen molar-refractivity contribution in [3.05, 3.63) is 24.5 Å². The van der Waals surface area contributed by atoms with Gasteiger partial charge < -0.3 is 15.2 Å².